The summed E-state index contributed by atoms with van der Waals surface area (Å²) in [7, 11) is -1.19. The highest BCUT2D eigenvalue weighted by molar-refractivity contribution is 7.47. The van der Waals surface area contributed by atoms with Crippen LogP contribution in [-0.4, -0.2) is 62.1 Å². The second-order valence-electron chi connectivity index (χ2n) is 6.75. The summed E-state index contributed by atoms with van der Waals surface area (Å²) in [5.41, 5.74) is 0.382. The van der Waals surface area contributed by atoms with Crippen molar-refractivity contribution in [2.75, 3.05) is 33.9 Å². The van der Waals surface area contributed by atoms with Crippen molar-refractivity contribution < 1.29 is 32.8 Å². The third-order valence-corrected chi connectivity index (χ3v) is 5.28. The van der Waals surface area contributed by atoms with Crippen molar-refractivity contribution in [1.29, 1.82) is 0 Å². The van der Waals surface area contributed by atoms with E-state index in [-0.39, 0.29) is 25.7 Å². The quantitative estimate of drug-likeness (QED) is 0.147. The lowest BCUT2D eigenvalue weighted by atomic mass is 10.1. The van der Waals surface area contributed by atoms with Crippen molar-refractivity contribution in [3.8, 4) is 0 Å². The van der Waals surface area contributed by atoms with Gasteiger partial charge in [0.1, 0.15) is 0 Å². The predicted octanol–water partition coefficient (Wildman–Crippen LogP) is 2.99. The number of unbranched alkanes of at least 4 members (excludes halogenated alkanes) is 5. The summed E-state index contributed by atoms with van der Waals surface area (Å²) < 4.78 is 27.2. The molecule has 0 bridgehead atoms. The molecule has 0 aromatic carbocycles. The molecule has 0 radical (unpaired) electrons. The zero-order valence-electron chi connectivity index (χ0n) is 18.1. The van der Waals surface area contributed by atoms with Gasteiger partial charge in [-0.2, -0.15) is 0 Å². The van der Waals surface area contributed by atoms with E-state index in [0.29, 0.717) is 24.8 Å². The van der Waals surface area contributed by atoms with Gasteiger partial charge in [0.2, 0.25) is 12.3 Å². The van der Waals surface area contributed by atoms with Gasteiger partial charge in [-0.25, -0.2) is 4.57 Å². The molecule has 10 heteroatoms. The normalized spacial score (nSPS) is 14.9. The first-order valence-corrected chi connectivity index (χ1v) is 11.5. The van der Waals surface area contributed by atoms with Crippen molar-refractivity contribution >= 4 is 20.1 Å². The second kappa shape index (κ2) is 16.5. The number of methoxy groups -OCH3 is 1. The van der Waals surface area contributed by atoms with Crippen LogP contribution in [-0.2, 0) is 27.9 Å². The van der Waals surface area contributed by atoms with Gasteiger partial charge >= 0.3 is 7.82 Å². The summed E-state index contributed by atoms with van der Waals surface area (Å²) in [6.07, 6.45) is 8.14. The number of phosphoric acid groups is 1. The molecule has 29 heavy (non-hydrogen) atoms. The minimum atomic E-state index is -4.14. The summed E-state index contributed by atoms with van der Waals surface area (Å²) in [4.78, 5) is 33.8. The van der Waals surface area contributed by atoms with E-state index in [1.807, 2.05) is 0 Å². The number of amides is 2. The average molecular weight is 436 g/mol. The van der Waals surface area contributed by atoms with Crippen LogP contribution in [0.2, 0.25) is 0 Å². The first-order chi connectivity index (χ1) is 13.8. The van der Waals surface area contributed by atoms with Crippen molar-refractivity contribution in [3.05, 3.63) is 11.8 Å². The SMILES string of the molecule is CCCCCCCCOP(=O)(O)OCC(CCN(C=O)/C=C(/C)C(=O)NC)OC. The van der Waals surface area contributed by atoms with Gasteiger partial charge in [-0.15, -0.1) is 0 Å². The van der Waals surface area contributed by atoms with Crippen molar-refractivity contribution in [3.63, 3.8) is 0 Å². The Balaban J connectivity index is 4.27. The van der Waals surface area contributed by atoms with Crippen LogP contribution >= 0.6 is 7.82 Å². The number of carbonyl (C=O) groups excluding carboxylic acids is 2. The fraction of sp³-hybridized carbons (Fsp3) is 0.789. The lowest BCUT2D eigenvalue weighted by Gasteiger charge is -2.20. The third kappa shape index (κ3) is 14.4. The van der Waals surface area contributed by atoms with Gasteiger partial charge in [-0.3, -0.25) is 18.6 Å². The Labute approximate surface area is 174 Å². The number of carbonyl (C=O) groups is 2. The summed E-state index contributed by atoms with van der Waals surface area (Å²) in [5, 5.41) is 2.47. The van der Waals surface area contributed by atoms with Crippen LogP contribution in [0.3, 0.4) is 0 Å². The number of nitrogens with zero attached hydrogens (tertiary/aromatic N) is 1. The van der Waals surface area contributed by atoms with Gasteiger partial charge in [0, 0.05) is 32.5 Å². The van der Waals surface area contributed by atoms with Gasteiger partial charge in [-0.05, 0) is 19.8 Å². The molecule has 0 aromatic rings. The predicted molar refractivity (Wildman–Crippen MR) is 111 cm³/mol. The summed E-state index contributed by atoms with van der Waals surface area (Å²) >= 11 is 0. The molecule has 0 aliphatic heterocycles. The molecule has 0 rings (SSSR count). The number of nitrogens with one attached hydrogen (secondary N) is 1. The van der Waals surface area contributed by atoms with Crippen LogP contribution in [0.15, 0.2) is 11.8 Å². The van der Waals surface area contributed by atoms with E-state index in [0.717, 1.165) is 19.3 Å². The maximum Gasteiger partial charge on any atom is 0.472 e. The average Bonchev–Trinajstić information content (AvgIpc) is 2.71. The minimum absolute atomic E-state index is 0.147. The van der Waals surface area contributed by atoms with Crippen molar-refractivity contribution in [2.45, 2.75) is 64.9 Å². The Bertz CT molecular complexity index is 543. The molecule has 0 saturated carbocycles. The molecule has 2 N–H and O–H groups in total. The molecule has 0 heterocycles. The fourth-order valence-corrected chi connectivity index (χ4v) is 3.28. The maximum atomic E-state index is 12.0. The third-order valence-electron chi connectivity index (χ3n) is 4.30. The number of hydrogen-bond acceptors (Lipinski definition) is 6. The van der Waals surface area contributed by atoms with Gasteiger partial charge in [0.15, 0.2) is 0 Å². The van der Waals surface area contributed by atoms with Crippen LogP contribution in [0, 0.1) is 0 Å². The smallest absolute Gasteiger partial charge is 0.379 e. The standard InChI is InChI=1S/C19H37N2O7P/c1-5-6-7-8-9-10-13-27-29(24,25)28-15-18(26-4)11-12-21(16-22)14-17(2)19(23)20-3/h14,16,18H,5-13,15H2,1-4H3,(H,20,23)(H,24,25)/b17-14-. The molecule has 0 aliphatic carbocycles. The first-order valence-electron chi connectivity index (χ1n) is 10.1. The van der Waals surface area contributed by atoms with Gasteiger partial charge in [-0.1, -0.05) is 39.0 Å². The van der Waals surface area contributed by atoms with Crippen LogP contribution in [0.25, 0.3) is 0 Å². The molecule has 0 fully saturated rings. The molecule has 9 nitrogen and oxygen atoms in total. The molecular weight excluding hydrogens is 399 g/mol. The number of rotatable bonds is 18. The van der Waals surface area contributed by atoms with Crippen molar-refractivity contribution in [1.82, 2.24) is 10.2 Å². The molecule has 2 amide bonds. The summed E-state index contributed by atoms with van der Waals surface area (Å²) in [5.74, 6) is -0.285. The molecule has 0 spiro atoms. The highest BCUT2D eigenvalue weighted by Gasteiger charge is 2.23. The van der Waals surface area contributed by atoms with Crippen molar-refractivity contribution in [2.24, 2.45) is 0 Å². The minimum Gasteiger partial charge on any atom is -0.379 e. The topological polar surface area (TPSA) is 114 Å². The molecule has 2 atom stereocenters. The summed E-state index contributed by atoms with van der Waals surface area (Å²) in [6.45, 7) is 4.02. The Morgan fingerprint density at radius 1 is 1.21 bits per heavy atom. The number of hydrogen-bond donors (Lipinski definition) is 2. The van der Waals surface area contributed by atoms with E-state index in [2.05, 4.69) is 12.2 Å². The van der Waals surface area contributed by atoms with E-state index in [4.69, 9.17) is 13.8 Å². The van der Waals surface area contributed by atoms with Gasteiger partial charge < -0.3 is 19.8 Å². The Kier molecular flexibility index (Phi) is 15.8. The number of phosphoric ester groups is 1. The first kappa shape index (κ1) is 27.8. The molecule has 170 valence electrons. The number of likely N-dealkylation sites (N-methyl/N-ethyl adjacent to an activating group) is 1. The van der Waals surface area contributed by atoms with Gasteiger partial charge in [0.05, 0.1) is 19.3 Å². The summed E-state index contributed by atoms with van der Waals surface area (Å²) in [6, 6.07) is 0. The highest BCUT2D eigenvalue weighted by atomic mass is 31.2. The van der Waals surface area contributed by atoms with Crippen LogP contribution in [0.5, 0.6) is 0 Å². The fourth-order valence-electron chi connectivity index (χ4n) is 2.49. The van der Waals surface area contributed by atoms with E-state index in [1.165, 1.54) is 38.1 Å². The zero-order chi connectivity index (χ0) is 22.1. The Hall–Kier alpha value is -1.25. The van der Waals surface area contributed by atoms with E-state index in [9.17, 15) is 19.0 Å². The molecule has 2 unspecified atom stereocenters. The van der Waals surface area contributed by atoms with Crippen LogP contribution in [0.4, 0.5) is 0 Å². The number of ether oxygens (including phenoxy) is 1. The molecule has 0 saturated heterocycles. The lowest BCUT2D eigenvalue weighted by molar-refractivity contribution is -0.117. The molecular formula is C19H37N2O7P. The molecule has 0 aromatic heterocycles. The van der Waals surface area contributed by atoms with Gasteiger partial charge in [0.25, 0.3) is 0 Å². The Morgan fingerprint density at radius 2 is 1.86 bits per heavy atom. The van der Waals surface area contributed by atoms with E-state index >= 15 is 0 Å². The lowest BCUT2D eigenvalue weighted by Crippen LogP contribution is -2.27. The molecule has 0 aliphatic rings. The zero-order valence-corrected chi connectivity index (χ0v) is 19.0. The maximum absolute atomic E-state index is 12.0. The second-order valence-corrected chi connectivity index (χ2v) is 8.20. The van der Waals surface area contributed by atoms with E-state index in [1.54, 1.807) is 6.92 Å². The van der Waals surface area contributed by atoms with E-state index < -0.39 is 13.9 Å². The monoisotopic (exact) mass is 436 g/mol. The van der Waals surface area contributed by atoms with Crippen LogP contribution in [0.1, 0.15) is 58.8 Å². The van der Waals surface area contributed by atoms with Crippen LogP contribution < -0.4 is 5.32 Å². The largest absolute Gasteiger partial charge is 0.472 e. The Morgan fingerprint density at radius 3 is 2.45 bits per heavy atom. The highest BCUT2D eigenvalue weighted by Crippen LogP contribution is 2.43.